The summed E-state index contributed by atoms with van der Waals surface area (Å²) >= 11 is 0. The molecule has 0 aliphatic heterocycles. The van der Waals surface area contributed by atoms with Crippen LogP contribution in [0.5, 0.6) is 23.0 Å². The molecule has 0 amide bonds. The molecule has 0 saturated carbocycles. The summed E-state index contributed by atoms with van der Waals surface area (Å²) in [6, 6.07) is 20.8. The van der Waals surface area contributed by atoms with E-state index in [2.05, 4.69) is 10.3 Å². The highest BCUT2D eigenvalue weighted by atomic mass is 16.6. The second-order valence-electron chi connectivity index (χ2n) is 10.7. The number of nitrogen functional groups attached to an aromatic ring is 1. The molecular weight excluding hydrogens is 646 g/mol. The van der Waals surface area contributed by atoms with Gasteiger partial charge in [0.1, 0.15) is 35.4 Å². The first-order valence-corrected chi connectivity index (χ1v) is 16.6. The number of nitrogens with two attached hydrogens (primary N) is 1. The van der Waals surface area contributed by atoms with Gasteiger partial charge in [-0.2, -0.15) is 0 Å². The summed E-state index contributed by atoms with van der Waals surface area (Å²) in [5.74, 6) is 3.20. The standard InChI is InChI=1S/C37H49N3O10/c1-41-11-12-43-13-14-44-15-16-45-17-18-46-19-20-47-21-22-48-23-24-49-32-26-29(25-31(27-32)42-2)40-37-28-30(9-10-39-37)50-36-8-7-35(38)33-5-3-4-6-34(33)36/h3-10,25-28H,11-24,38H2,1-2H3,(H,39,40). The Morgan fingerprint density at radius 3 is 1.72 bits per heavy atom. The molecule has 0 saturated heterocycles. The van der Waals surface area contributed by atoms with Crippen molar-refractivity contribution in [2.45, 2.75) is 0 Å². The van der Waals surface area contributed by atoms with Crippen molar-refractivity contribution in [1.82, 2.24) is 4.98 Å². The van der Waals surface area contributed by atoms with Gasteiger partial charge in [0.05, 0.1) is 93.0 Å². The Morgan fingerprint density at radius 1 is 0.560 bits per heavy atom. The van der Waals surface area contributed by atoms with Crippen LogP contribution in [0.3, 0.4) is 0 Å². The van der Waals surface area contributed by atoms with Crippen LogP contribution in [0, 0.1) is 0 Å². The number of hydrogen-bond acceptors (Lipinski definition) is 13. The molecule has 0 bridgehead atoms. The van der Waals surface area contributed by atoms with Crippen molar-refractivity contribution >= 4 is 28.0 Å². The molecule has 0 unspecified atom stereocenters. The van der Waals surface area contributed by atoms with Gasteiger partial charge in [-0.3, -0.25) is 0 Å². The molecule has 272 valence electrons. The SMILES string of the molecule is COCCOCCOCCOCCOCCOCCOCCOc1cc(Nc2cc(Oc3ccc(N)c4ccccc34)ccn2)cc(OC)c1. The number of pyridine rings is 1. The summed E-state index contributed by atoms with van der Waals surface area (Å²) in [6.45, 7) is 6.93. The zero-order valence-electron chi connectivity index (χ0n) is 28.9. The van der Waals surface area contributed by atoms with Crippen molar-refractivity contribution in [1.29, 1.82) is 0 Å². The number of benzene rings is 3. The molecule has 13 nitrogen and oxygen atoms in total. The third kappa shape index (κ3) is 14.3. The number of fused-ring (bicyclic) bond motifs is 1. The van der Waals surface area contributed by atoms with Crippen LogP contribution in [-0.4, -0.2) is 112 Å². The molecule has 0 fully saturated rings. The van der Waals surface area contributed by atoms with E-state index in [1.807, 2.05) is 60.7 Å². The summed E-state index contributed by atoms with van der Waals surface area (Å²) in [4.78, 5) is 4.45. The van der Waals surface area contributed by atoms with Crippen molar-refractivity contribution in [3.05, 3.63) is 72.9 Å². The number of ether oxygens (including phenoxy) is 10. The lowest BCUT2D eigenvalue weighted by Gasteiger charge is -2.14. The average Bonchev–Trinajstić information content (AvgIpc) is 3.13. The lowest BCUT2D eigenvalue weighted by Crippen LogP contribution is -2.15. The van der Waals surface area contributed by atoms with Crippen LogP contribution in [0.25, 0.3) is 10.8 Å². The normalized spacial score (nSPS) is 11.2. The van der Waals surface area contributed by atoms with Crippen LogP contribution in [0.15, 0.2) is 72.9 Å². The van der Waals surface area contributed by atoms with Gasteiger partial charge < -0.3 is 58.4 Å². The molecule has 0 atom stereocenters. The number of anilines is 3. The Morgan fingerprint density at radius 2 is 1.12 bits per heavy atom. The molecule has 0 aliphatic carbocycles. The van der Waals surface area contributed by atoms with E-state index in [1.54, 1.807) is 26.5 Å². The molecule has 1 heterocycles. The summed E-state index contributed by atoms with van der Waals surface area (Å²) < 4.78 is 55.5. The van der Waals surface area contributed by atoms with Crippen LogP contribution in [0.1, 0.15) is 0 Å². The molecule has 3 aromatic carbocycles. The number of hydrogen-bond donors (Lipinski definition) is 2. The minimum Gasteiger partial charge on any atom is -0.497 e. The highest BCUT2D eigenvalue weighted by Gasteiger charge is 2.09. The Balaban J connectivity index is 1.06. The molecule has 4 rings (SSSR count). The van der Waals surface area contributed by atoms with Crippen molar-refractivity contribution in [2.24, 2.45) is 0 Å². The molecule has 3 N–H and O–H groups in total. The monoisotopic (exact) mass is 695 g/mol. The van der Waals surface area contributed by atoms with Crippen LogP contribution in [-0.2, 0) is 33.2 Å². The van der Waals surface area contributed by atoms with Crippen molar-refractivity contribution in [3.63, 3.8) is 0 Å². The zero-order chi connectivity index (χ0) is 35.1. The first-order valence-electron chi connectivity index (χ1n) is 16.6. The Kier molecular flexibility index (Phi) is 17.9. The van der Waals surface area contributed by atoms with E-state index in [-0.39, 0.29) is 0 Å². The van der Waals surface area contributed by atoms with Gasteiger partial charge in [-0.05, 0) is 18.2 Å². The molecule has 1 aromatic heterocycles. The van der Waals surface area contributed by atoms with Crippen LogP contribution < -0.4 is 25.3 Å². The number of nitrogens with one attached hydrogen (secondary N) is 1. The maximum atomic E-state index is 6.22. The van der Waals surface area contributed by atoms with E-state index >= 15 is 0 Å². The quantitative estimate of drug-likeness (QED) is 0.0601. The third-order valence-corrected chi connectivity index (χ3v) is 7.05. The maximum Gasteiger partial charge on any atom is 0.135 e. The van der Waals surface area contributed by atoms with Gasteiger partial charge in [-0.25, -0.2) is 4.98 Å². The predicted octanol–water partition coefficient (Wildman–Crippen LogP) is 5.49. The first-order chi connectivity index (χ1) is 24.7. The van der Waals surface area contributed by atoms with Crippen LogP contribution >= 0.6 is 0 Å². The average molecular weight is 696 g/mol. The van der Waals surface area contributed by atoms with E-state index in [0.29, 0.717) is 127 Å². The summed E-state index contributed by atoms with van der Waals surface area (Å²) in [7, 11) is 3.25. The Bertz CT molecular complexity index is 1530. The van der Waals surface area contributed by atoms with E-state index in [0.717, 1.165) is 16.5 Å². The second-order valence-corrected chi connectivity index (χ2v) is 10.7. The number of nitrogens with zero attached hydrogens (tertiary/aromatic N) is 1. The molecule has 0 radical (unpaired) electrons. The molecule has 0 aliphatic rings. The Hall–Kier alpha value is -4.21. The lowest BCUT2D eigenvalue weighted by atomic mass is 10.1. The lowest BCUT2D eigenvalue weighted by molar-refractivity contribution is -0.0199. The van der Waals surface area contributed by atoms with Gasteiger partial charge in [0.15, 0.2) is 0 Å². The van der Waals surface area contributed by atoms with Gasteiger partial charge in [-0.15, -0.1) is 0 Å². The largest absolute Gasteiger partial charge is 0.497 e. The minimum absolute atomic E-state index is 0.361. The topological polar surface area (TPSA) is 143 Å². The number of aromatic nitrogens is 1. The van der Waals surface area contributed by atoms with E-state index in [4.69, 9.17) is 53.1 Å². The van der Waals surface area contributed by atoms with E-state index in [9.17, 15) is 0 Å². The summed E-state index contributed by atoms with van der Waals surface area (Å²) in [5, 5.41) is 5.18. The summed E-state index contributed by atoms with van der Waals surface area (Å²) in [6.07, 6.45) is 1.68. The van der Waals surface area contributed by atoms with Gasteiger partial charge in [0.2, 0.25) is 0 Å². The fourth-order valence-electron chi connectivity index (χ4n) is 4.61. The molecule has 4 aromatic rings. The van der Waals surface area contributed by atoms with Crippen LogP contribution in [0.2, 0.25) is 0 Å². The van der Waals surface area contributed by atoms with Gasteiger partial charge in [0.25, 0.3) is 0 Å². The van der Waals surface area contributed by atoms with Crippen LogP contribution in [0.4, 0.5) is 17.2 Å². The molecule has 13 heteroatoms. The van der Waals surface area contributed by atoms with E-state index in [1.165, 1.54) is 0 Å². The number of rotatable bonds is 27. The first kappa shape index (κ1) is 38.6. The molecular formula is C37H49N3O10. The predicted molar refractivity (Wildman–Crippen MR) is 191 cm³/mol. The Labute approximate surface area is 293 Å². The van der Waals surface area contributed by atoms with Crippen molar-refractivity contribution < 1.29 is 47.4 Å². The number of methoxy groups -OCH3 is 2. The van der Waals surface area contributed by atoms with Gasteiger partial charge in [-0.1, -0.05) is 24.3 Å². The summed E-state index contributed by atoms with van der Waals surface area (Å²) in [5.41, 5.74) is 7.60. The fraction of sp³-hybridized carbons (Fsp3) is 0.432. The fourth-order valence-corrected chi connectivity index (χ4v) is 4.61. The minimum atomic E-state index is 0.361. The van der Waals surface area contributed by atoms with Gasteiger partial charge >= 0.3 is 0 Å². The van der Waals surface area contributed by atoms with Crippen molar-refractivity contribution in [2.75, 3.05) is 118 Å². The second kappa shape index (κ2) is 23.2. The van der Waals surface area contributed by atoms with Gasteiger partial charge in [0, 0.05) is 59.7 Å². The highest BCUT2D eigenvalue weighted by molar-refractivity contribution is 5.97. The molecule has 0 spiro atoms. The smallest absolute Gasteiger partial charge is 0.135 e. The van der Waals surface area contributed by atoms with Crippen molar-refractivity contribution in [3.8, 4) is 23.0 Å². The molecule has 50 heavy (non-hydrogen) atoms. The zero-order valence-corrected chi connectivity index (χ0v) is 28.9. The third-order valence-electron chi connectivity index (χ3n) is 7.05. The van der Waals surface area contributed by atoms with E-state index < -0.39 is 0 Å². The maximum absolute atomic E-state index is 6.22. The highest BCUT2D eigenvalue weighted by Crippen LogP contribution is 2.34.